The highest BCUT2D eigenvalue weighted by Crippen LogP contribution is 2.29. The summed E-state index contributed by atoms with van der Waals surface area (Å²) in [5.41, 5.74) is 6.61. The first-order valence-corrected chi connectivity index (χ1v) is 8.19. The smallest absolute Gasteiger partial charge is 0.255 e. The van der Waals surface area contributed by atoms with Crippen molar-refractivity contribution in [3.05, 3.63) is 22.7 Å². The van der Waals surface area contributed by atoms with Crippen LogP contribution in [0.25, 0.3) is 0 Å². The van der Waals surface area contributed by atoms with E-state index in [1.54, 1.807) is 12.1 Å². The number of piperazine rings is 1. The fraction of sp³-hybridized carbons (Fsp3) is 0.562. The van der Waals surface area contributed by atoms with Gasteiger partial charge in [0, 0.05) is 38.3 Å². The number of nitrogen functional groups attached to an aromatic ring is 1. The second-order valence-corrected chi connectivity index (χ2v) is 6.32. The molecule has 1 aliphatic rings. The summed E-state index contributed by atoms with van der Waals surface area (Å²) < 4.78 is 5.51. The standard InChI is InChI=1S/C16H25ClN4O2/c1-4-23-15-8-14(18)13(17)7-12(15)16(22)19-9-11-10-20(2)5-6-21(11)3/h7-8,11H,4-6,9-10,18H2,1-3H3,(H,19,22). The molecule has 1 unspecified atom stereocenters. The lowest BCUT2D eigenvalue weighted by Crippen LogP contribution is -2.54. The Labute approximate surface area is 142 Å². The summed E-state index contributed by atoms with van der Waals surface area (Å²) in [6, 6.07) is 3.45. The molecule has 7 heteroatoms. The van der Waals surface area contributed by atoms with E-state index in [-0.39, 0.29) is 11.9 Å². The highest BCUT2D eigenvalue weighted by molar-refractivity contribution is 6.33. The summed E-state index contributed by atoms with van der Waals surface area (Å²) in [7, 11) is 4.17. The number of nitrogens with two attached hydrogens (primary N) is 1. The molecule has 0 radical (unpaired) electrons. The first-order chi connectivity index (χ1) is 10.9. The largest absolute Gasteiger partial charge is 0.493 e. The number of hydrogen-bond acceptors (Lipinski definition) is 5. The van der Waals surface area contributed by atoms with Gasteiger partial charge in [-0.05, 0) is 27.1 Å². The van der Waals surface area contributed by atoms with E-state index >= 15 is 0 Å². The number of carbonyl (C=O) groups excluding carboxylic acids is 1. The van der Waals surface area contributed by atoms with Crippen LogP contribution in [0.4, 0.5) is 5.69 Å². The number of ether oxygens (including phenoxy) is 1. The minimum Gasteiger partial charge on any atom is -0.493 e. The van der Waals surface area contributed by atoms with Crippen molar-refractivity contribution >= 4 is 23.2 Å². The predicted molar refractivity (Wildman–Crippen MR) is 93.3 cm³/mol. The van der Waals surface area contributed by atoms with Crippen molar-refractivity contribution in [3.8, 4) is 5.75 Å². The zero-order chi connectivity index (χ0) is 17.0. The van der Waals surface area contributed by atoms with Crippen LogP contribution < -0.4 is 15.8 Å². The predicted octanol–water partition coefficient (Wildman–Crippen LogP) is 1.30. The molecule has 128 valence electrons. The number of hydrogen-bond donors (Lipinski definition) is 2. The zero-order valence-electron chi connectivity index (χ0n) is 13.9. The Morgan fingerprint density at radius 1 is 1.43 bits per heavy atom. The first kappa shape index (κ1) is 17.8. The van der Waals surface area contributed by atoms with Gasteiger partial charge in [-0.3, -0.25) is 9.69 Å². The number of anilines is 1. The van der Waals surface area contributed by atoms with Crippen LogP contribution in [0.1, 0.15) is 17.3 Å². The van der Waals surface area contributed by atoms with E-state index in [1.807, 2.05) is 6.92 Å². The Kier molecular flexibility index (Phi) is 6.10. The summed E-state index contributed by atoms with van der Waals surface area (Å²) in [5, 5.41) is 3.33. The van der Waals surface area contributed by atoms with E-state index in [0.29, 0.717) is 35.2 Å². The molecule has 1 fully saturated rings. The van der Waals surface area contributed by atoms with Gasteiger partial charge in [0.25, 0.3) is 5.91 Å². The third-order valence-electron chi connectivity index (χ3n) is 4.12. The van der Waals surface area contributed by atoms with Crippen LogP contribution >= 0.6 is 11.6 Å². The van der Waals surface area contributed by atoms with Gasteiger partial charge < -0.3 is 20.7 Å². The second-order valence-electron chi connectivity index (χ2n) is 5.91. The van der Waals surface area contributed by atoms with Gasteiger partial charge in [0.15, 0.2) is 0 Å². The molecule has 6 nitrogen and oxygen atoms in total. The molecule has 1 heterocycles. The van der Waals surface area contributed by atoms with Gasteiger partial charge in [-0.1, -0.05) is 11.6 Å². The fourth-order valence-electron chi connectivity index (χ4n) is 2.65. The van der Waals surface area contributed by atoms with Crippen molar-refractivity contribution < 1.29 is 9.53 Å². The Bertz CT molecular complexity index is 567. The van der Waals surface area contributed by atoms with Crippen LogP contribution in [0.5, 0.6) is 5.75 Å². The molecule has 2 rings (SSSR count). The quantitative estimate of drug-likeness (QED) is 0.791. The van der Waals surface area contributed by atoms with E-state index in [4.69, 9.17) is 22.1 Å². The number of likely N-dealkylation sites (N-methyl/N-ethyl adjacent to an activating group) is 2. The first-order valence-electron chi connectivity index (χ1n) is 7.81. The van der Waals surface area contributed by atoms with Gasteiger partial charge in [0.05, 0.1) is 22.9 Å². The molecule has 1 amide bonds. The third kappa shape index (κ3) is 4.50. The van der Waals surface area contributed by atoms with Gasteiger partial charge in [0.2, 0.25) is 0 Å². The summed E-state index contributed by atoms with van der Waals surface area (Å²) in [5.74, 6) is 0.262. The molecule has 1 aromatic rings. The molecule has 0 saturated carbocycles. The van der Waals surface area contributed by atoms with E-state index < -0.39 is 0 Å². The van der Waals surface area contributed by atoms with E-state index in [9.17, 15) is 4.79 Å². The van der Waals surface area contributed by atoms with Crippen molar-refractivity contribution in [1.82, 2.24) is 15.1 Å². The SMILES string of the molecule is CCOc1cc(N)c(Cl)cc1C(=O)NCC1CN(C)CCN1C. The molecule has 1 saturated heterocycles. The number of rotatable bonds is 5. The zero-order valence-corrected chi connectivity index (χ0v) is 14.7. The minimum atomic E-state index is -0.197. The lowest BCUT2D eigenvalue weighted by Gasteiger charge is -2.37. The van der Waals surface area contributed by atoms with Gasteiger partial charge in [-0.15, -0.1) is 0 Å². The topological polar surface area (TPSA) is 70.8 Å². The van der Waals surface area contributed by atoms with E-state index in [1.165, 1.54) is 0 Å². The van der Waals surface area contributed by atoms with Gasteiger partial charge in [-0.2, -0.15) is 0 Å². The molecule has 1 aromatic carbocycles. The highest BCUT2D eigenvalue weighted by Gasteiger charge is 2.23. The molecule has 0 spiro atoms. The maximum absolute atomic E-state index is 12.5. The molecule has 23 heavy (non-hydrogen) atoms. The molecular weight excluding hydrogens is 316 g/mol. The molecular formula is C16H25ClN4O2. The van der Waals surface area contributed by atoms with Crippen molar-refractivity contribution in [3.63, 3.8) is 0 Å². The third-order valence-corrected chi connectivity index (χ3v) is 4.45. The Morgan fingerprint density at radius 3 is 2.87 bits per heavy atom. The summed E-state index contributed by atoms with van der Waals surface area (Å²) >= 11 is 6.05. The van der Waals surface area contributed by atoms with Crippen LogP contribution in [0.3, 0.4) is 0 Å². The maximum Gasteiger partial charge on any atom is 0.255 e. The van der Waals surface area contributed by atoms with Crippen LogP contribution in [-0.2, 0) is 0 Å². The number of halogens is 1. The Morgan fingerprint density at radius 2 is 2.17 bits per heavy atom. The fourth-order valence-corrected chi connectivity index (χ4v) is 2.81. The molecule has 0 aromatic heterocycles. The van der Waals surface area contributed by atoms with Crippen molar-refractivity contribution in [2.45, 2.75) is 13.0 Å². The van der Waals surface area contributed by atoms with Crippen LogP contribution in [0, 0.1) is 0 Å². The van der Waals surface area contributed by atoms with Crippen LogP contribution in [-0.4, -0.2) is 68.6 Å². The molecule has 0 bridgehead atoms. The Balaban J connectivity index is 2.06. The van der Waals surface area contributed by atoms with Crippen molar-refractivity contribution in [2.75, 3.05) is 52.6 Å². The van der Waals surface area contributed by atoms with Gasteiger partial charge in [-0.25, -0.2) is 0 Å². The number of nitrogens with zero attached hydrogens (tertiary/aromatic N) is 2. The number of nitrogens with one attached hydrogen (secondary N) is 1. The second kappa shape index (κ2) is 7.86. The molecule has 1 aliphatic heterocycles. The van der Waals surface area contributed by atoms with Crippen LogP contribution in [0.15, 0.2) is 12.1 Å². The average Bonchev–Trinajstić information content (AvgIpc) is 2.51. The lowest BCUT2D eigenvalue weighted by atomic mass is 10.1. The number of carbonyl (C=O) groups is 1. The number of benzene rings is 1. The van der Waals surface area contributed by atoms with E-state index in [2.05, 4.69) is 29.2 Å². The van der Waals surface area contributed by atoms with Crippen LogP contribution in [0.2, 0.25) is 5.02 Å². The summed E-state index contributed by atoms with van der Waals surface area (Å²) in [4.78, 5) is 17.0. The molecule has 1 atom stereocenters. The number of amides is 1. The van der Waals surface area contributed by atoms with Crippen molar-refractivity contribution in [2.24, 2.45) is 0 Å². The molecule has 0 aliphatic carbocycles. The highest BCUT2D eigenvalue weighted by atomic mass is 35.5. The minimum absolute atomic E-state index is 0.197. The summed E-state index contributed by atoms with van der Waals surface area (Å²) in [6.07, 6.45) is 0. The van der Waals surface area contributed by atoms with Gasteiger partial charge in [0.1, 0.15) is 5.75 Å². The summed E-state index contributed by atoms with van der Waals surface area (Å²) in [6.45, 7) is 5.86. The van der Waals surface area contributed by atoms with E-state index in [0.717, 1.165) is 19.6 Å². The van der Waals surface area contributed by atoms with Crippen molar-refractivity contribution in [1.29, 1.82) is 0 Å². The molecule has 3 N–H and O–H groups in total. The van der Waals surface area contributed by atoms with Gasteiger partial charge >= 0.3 is 0 Å². The Hall–Kier alpha value is -1.50. The normalized spacial score (nSPS) is 19.6. The average molecular weight is 341 g/mol. The lowest BCUT2D eigenvalue weighted by molar-refractivity contribution is 0.0878. The monoisotopic (exact) mass is 340 g/mol. The maximum atomic E-state index is 12.5.